The lowest BCUT2D eigenvalue weighted by Gasteiger charge is -2.35. The van der Waals surface area contributed by atoms with Crippen LogP contribution in [0, 0.1) is 5.92 Å². The molecule has 13 heteroatoms. The highest BCUT2D eigenvalue weighted by Gasteiger charge is 2.48. The van der Waals surface area contributed by atoms with Gasteiger partial charge in [0.25, 0.3) is 0 Å². The van der Waals surface area contributed by atoms with E-state index in [9.17, 15) is 18.0 Å². The van der Waals surface area contributed by atoms with Crippen LogP contribution < -0.4 is 19.7 Å². The van der Waals surface area contributed by atoms with Crippen molar-refractivity contribution in [2.24, 2.45) is 5.92 Å². The average Bonchev–Trinajstić information content (AvgIpc) is 3.21. The summed E-state index contributed by atoms with van der Waals surface area (Å²) >= 11 is 0. The second-order valence-corrected chi connectivity index (χ2v) is 8.90. The van der Waals surface area contributed by atoms with E-state index in [0.717, 1.165) is 31.7 Å². The number of carbonyl (C=O) groups excluding carboxylic acids is 1. The zero-order chi connectivity index (χ0) is 25.9. The summed E-state index contributed by atoms with van der Waals surface area (Å²) in [4.78, 5) is 13.9. The highest BCUT2D eigenvalue weighted by Crippen LogP contribution is 2.40. The lowest BCUT2D eigenvalue weighted by molar-refractivity contribution is -0.275. The molecule has 2 fully saturated rings. The molecule has 194 valence electrons. The number of anilines is 2. The number of alkyl halides is 3. The fraction of sp³-hybridized carbons (Fsp3) is 0.375. The molecule has 10 nitrogen and oxygen atoms in total. The molecule has 0 radical (unpaired) electrons. The van der Waals surface area contributed by atoms with Crippen LogP contribution in [0.5, 0.6) is 17.4 Å². The monoisotopic (exact) mass is 516 g/mol. The molecule has 0 bridgehead atoms. The quantitative estimate of drug-likeness (QED) is 0.466. The second kappa shape index (κ2) is 10.1. The molecule has 1 aliphatic heterocycles. The minimum Gasteiger partial charge on any atom is -0.441 e. The minimum atomic E-state index is -4.84. The van der Waals surface area contributed by atoms with Crippen LogP contribution in [0.15, 0.2) is 54.7 Å². The van der Waals surface area contributed by atoms with Gasteiger partial charge in [-0.25, -0.2) is 4.79 Å². The van der Waals surface area contributed by atoms with E-state index in [0.29, 0.717) is 30.6 Å². The normalized spacial score (nSPS) is 21.5. The molecule has 1 amide bonds. The third-order valence-electron chi connectivity index (χ3n) is 6.32. The largest absolute Gasteiger partial charge is 0.573 e. The molecular weight excluding hydrogens is 493 g/mol. The van der Waals surface area contributed by atoms with Crippen molar-refractivity contribution < 1.29 is 32.2 Å². The Morgan fingerprint density at radius 2 is 1.81 bits per heavy atom. The molecule has 2 aliphatic rings. The third kappa shape index (κ3) is 5.98. The summed E-state index contributed by atoms with van der Waals surface area (Å²) in [5.74, 6) is 0.764. The van der Waals surface area contributed by atoms with Gasteiger partial charge in [0.15, 0.2) is 17.3 Å². The van der Waals surface area contributed by atoms with Gasteiger partial charge in [-0.15, -0.1) is 28.5 Å². The van der Waals surface area contributed by atoms with Gasteiger partial charge in [0.1, 0.15) is 11.4 Å². The summed E-state index contributed by atoms with van der Waals surface area (Å²) in [6.07, 6.45) is -0.497. The molecule has 1 N–H and O–H groups in total. The Hall–Kier alpha value is -4.16. The van der Waals surface area contributed by atoms with Crippen molar-refractivity contribution in [1.82, 2.24) is 20.4 Å². The summed E-state index contributed by atoms with van der Waals surface area (Å²) in [5.41, 5.74) is -0.518. The first kappa shape index (κ1) is 24.5. The number of amides is 1. The van der Waals surface area contributed by atoms with Crippen molar-refractivity contribution in [3.05, 3.63) is 54.7 Å². The molecule has 5 rings (SSSR count). The van der Waals surface area contributed by atoms with Crippen molar-refractivity contribution in [3.63, 3.8) is 0 Å². The molecule has 1 aromatic carbocycles. The van der Waals surface area contributed by atoms with Gasteiger partial charge in [-0.2, -0.15) is 5.10 Å². The number of rotatable bonds is 7. The van der Waals surface area contributed by atoms with Crippen LogP contribution >= 0.6 is 0 Å². The van der Waals surface area contributed by atoms with E-state index >= 15 is 0 Å². The maximum absolute atomic E-state index is 12.6. The topological polar surface area (TPSA) is 112 Å². The maximum Gasteiger partial charge on any atom is 0.573 e. The zero-order valence-electron chi connectivity index (χ0n) is 19.5. The Morgan fingerprint density at radius 3 is 2.49 bits per heavy atom. The maximum atomic E-state index is 12.6. The summed E-state index contributed by atoms with van der Waals surface area (Å²) in [7, 11) is 0. The molecular formula is C24H23F3N6O4. The Labute approximate surface area is 209 Å². The van der Waals surface area contributed by atoms with E-state index in [1.54, 1.807) is 24.4 Å². The highest BCUT2D eigenvalue weighted by atomic mass is 19.4. The van der Waals surface area contributed by atoms with E-state index in [1.807, 2.05) is 0 Å². The molecule has 0 unspecified atom stereocenters. The molecule has 3 aromatic rings. The number of hydrogen-bond acceptors (Lipinski definition) is 9. The number of nitrogens with one attached hydrogen (secondary N) is 1. The Kier molecular flexibility index (Phi) is 6.68. The number of ether oxygens (including phenoxy) is 3. The van der Waals surface area contributed by atoms with Crippen LogP contribution in [0.3, 0.4) is 0 Å². The second-order valence-electron chi connectivity index (χ2n) is 8.90. The van der Waals surface area contributed by atoms with Crippen LogP contribution in [0.4, 0.5) is 29.6 Å². The van der Waals surface area contributed by atoms with E-state index in [-0.39, 0.29) is 11.6 Å². The number of carbonyl (C=O) groups is 1. The van der Waals surface area contributed by atoms with Gasteiger partial charge in [-0.05, 0) is 61.9 Å². The van der Waals surface area contributed by atoms with Gasteiger partial charge in [0, 0.05) is 18.8 Å². The smallest absolute Gasteiger partial charge is 0.441 e. The Bertz CT molecular complexity index is 1220. The van der Waals surface area contributed by atoms with Gasteiger partial charge in [-0.3, -0.25) is 4.90 Å². The van der Waals surface area contributed by atoms with E-state index < -0.39 is 23.8 Å². The molecule has 1 saturated carbocycles. The van der Waals surface area contributed by atoms with Gasteiger partial charge in [-0.1, -0.05) is 12.1 Å². The van der Waals surface area contributed by atoms with E-state index in [1.165, 1.54) is 29.2 Å². The van der Waals surface area contributed by atoms with Crippen molar-refractivity contribution in [3.8, 4) is 17.4 Å². The number of aromatic nitrogens is 4. The van der Waals surface area contributed by atoms with Crippen LogP contribution in [0.25, 0.3) is 0 Å². The van der Waals surface area contributed by atoms with Gasteiger partial charge >= 0.3 is 12.5 Å². The van der Waals surface area contributed by atoms with Crippen LogP contribution in [-0.4, -0.2) is 51.5 Å². The molecule has 1 saturated heterocycles. The van der Waals surface area contributed by atoms with E-state index in [2.05, 4.69) is 30.4 Å². The summed E-state index contributed by atoms with van der Waals surface area (Å²) in [6.45, 7) is 1.10. The molecule has 3 heterocycles. The summed E-state index contributed by atoms with van der Waals surface area (Å²) in [5, 5.41) is 19.1. The Balaban J connectivity index is 1.11. The number of benzene rings is 1. The third-order valence-corrected chi connectivity index (χ3v) is 6.32. The Morgan fingerprint density at radius 1 is 1.03 bits per heavy atom. The van der Waals surface area contributed by atoms with Crippen LogP contribution in [0.1, 0.15) is 25.7 Å². The molecule has 37 heavy (non-hydrogen) atoms. The predicted octanol–water partition coefficient (Wildman–Crippen LogP) is 4.96. The van der Waals surface area contributed by atoms with Gasteiger partial charge < -0.3 is 19.5 Å². The predicted molar refractivity (Wildman–Crippen MR) is 124 cm³/mol. The minimum absolute atomic E-state index is 0.0269. The molecule has 2 aromatic heterocycles. The van der Waals surface area contributed by atoms with Crippen molar-refractivity contribution in [2.75, 3.05) is 23.3 Å². The zero-order valence-corrected chi connectivity index (χ0v) is 19.5. The fourth-order valence-corrected chi connectivity index (χ4v) is 4.48. The molecule has 0 atom stereocenters. The standard InChI is InChI=1S/C24H23F3N6O4/c25-24(26,27)36-18-5-2-1-4-17(18)35-21-8-7-19(30-32-21)28-14-16-9-11-23(12-10-16)15-33(22(34)37-23)20-6-3-13-29-31-20/h1-8,13,16H,9-12,14-15H2,(H,28,30). The highest BCUT2D eigenvalue weighted by molar-refractivity contribution is 5.89. The van der Waals surface area contributed by atoms with Crippen molar-refractivity contribution in [2.45, 2.75) is 37.6 Å². The van der Waals surface area contributed by atoms with Crippen LogP contribution in [0.2, 0.25) is 0 Å². The van der Waals surface area contributed by atoms with Crippen molar-refractivity contribution >= 4 is 17.7 Å². The number of nitrogens with zero attached hydrogens (tertiary/aromatic N) is 5. The first-order valence-corrected chi connectivity index (χ1v) is 11.7. The summed E-state index contributed by atoms with van der Waals surface area (Å²) in [6, 6.07) is 12.0. The number of para-hydroxylation sites is 2. The number of hydrogen-bond donors (Lipinski definition) is 1. The molecule has 1 aliphatic carbocycles. The fourth-order valence-electron chi connectivity index (χ4n) is 4.48. The average molecular weight is 516 g/mol. The summed E-state index contributed by atoms with van der Waals surface area (Å²) < 4.78 is 53.0. The first-order chi connectivity index (χ1) is 17.8. The lowest BCUT2D eigenvalue weighted by atomic mass is 9.78. The van der Waals surface area contributed by atoms with E-state index in [4.69, 9.17) is 9.47 Å². The lowest BCUT2D eigenvalue weighted by Crippen LogP contribution is -2.39. The number of halogens is 3. The molecule has 1 spiro atoms. The van der Waals surface area contributed by atoms with Crippen LogP contribution in [-0.2, 0) is 4.74 Å². The first-order valence-electron chi connectivity index (χ1n) is 11.7. The van der Waals surface area contributed by atoms with Gasteiger partial charge in [0.05, 0.1) is 6.54 Å². The SMILES string of the molecule is O=C1OC2(CCC(CNc3ccc(Oc4ccccc4OC(F)(F)F)nn3)CC2)CN1c1cccnn1. The van der Waals surface area contributed by atoms with Gasteiger partial charge in [0.2, 0.25) is 5.88 Å². The van der Waals surface area contributed by atoms with Crippen molar-refractivity contribution in [1.29, 1.82) is 0 Å².